The number of pyridine rings is 2. The van der Waals surface area contributed by atoms with Gasteiger partial charge in [0.15, 0.2) is 0 Å². The molecule has 2 heterocycles. The maximum Gasteiger partial charge on any atom is 0.415 e. The number of aromatic nitrogens is 2. The zero-order chi connectivity index (χ0) is 19.5. The number of nitrogens with zero attached hydrogens (tertiary/aromatic N) is 3. The fraction of sp³-hybridized carbons (Fsp3) is 0.174. The van der Waals surface area contributed by atoms with Crippen LogP contribution in [0.2, 0.25) is 0 Å². The van der Waals surface area contributed by atoms with Gasteiger partial charge < -0.3 is 9.64 Å². The zero-order valence-electron chi connectivity index (χ0n) is 15.9. The molecule has 0 saturated carbocycles. The number of carbonyl (C=O) groups excluding carboxylic acids is 1. The first-order valence-corrected chi connectivity index (χ1v) is 9.41. The minimum Gasteiger partial charge on any atom is -0.409 e. The van der Waals surface area contributed by atoms with Crippen molar-refractivity contribution >= 4 is 27.9 Å². The van der Waals surface area contributed by atoms with Gasteiger partial charge in [0.25, 0.3) is 0 Å². The molecule has 0 unspecified atom stereocenters. The average molecular weight is 371 g/mol. The van der Waals surface area contributed by atoms with Gasteiger partial charge in [-0.1, -0.05) is 30.3 Å². The summed E-state index contributed by atoms with van der Waals surface area (Å²) in [5, 5.41) is 2.00. The molecule has 1 amide bonds. The highest BCUT2D eigenvalue weighted by Gasteiger charge is 2.19. The van der Waals surface area contributed by atoms with Crippen LogP contribution in [0, 0.1) is 0 Å². The first-order chi connectivity index (χ1) is 13.7. The fourth-order valence-corrected chi connectivity index (χ4v) is 3.42. The predicted octanol–water partition coefficient (Wildman–Crippen LogP) is 5.29. The van der Waals surface area contributed by atoms with E-state index in [1.165, 1.54) is 0 Å². The molecule has 2 aromatic heterocycles. The lowest BCUT2D eigenvalue weighted by Gasteiger charge is -2.20. The summed E-state index contributed by atoms with van der Waals surface area (Å²) in [6, 6.07) is 17.6. The maximum atomic E-state index is 12.6. The summed E-state index contributed by atoms with van der Waals surface area (Å²) in [4.78, 5) is 23.4. The summed E-state index contributed by atoms with van der Waals surface area (Å²) in [7, 11) is 0. The van der Waals surface area contributed by atoms with Crippen LogP contribution >= 0.6 is 0 Å². The van der Waals surface area contributed by atoms with Gasteiger partial charge in [-0.2, -0.15) is 0 Å². The molecule has 0 spiro atoms. The van der Waals surface area contributed by atoms with Gasteiger partial charge in [-0.05, 0) is 38.1 Å². The van der Waals surface area contributed by atoms with Gasteiger partial charge in [-0.3, -0.25) is 9.97 Å². The lowest BCUT2D eigenvalue weighted by atomic mass is 9.98. The minimum absolute atomic E-state index is 0.366. The highest BCUT2D eigenvalue weighted by atomic mass is 16.6. The number of hydrogen-bond acceptors (Lipinski definition) is 4. The average Bonchev–Trinajstić information content (AvgIpc) is 2.74. The van der Waals surface area contributed by atoms with Gasteiger partial charge in [0.1, 0.15) is 5.75 Å². The summed E-state index contributed by atoms with van der Waals surface area (Å²) in [5.74, 6) is 0.487. The molecule has 4 aromatic rings. The van der Waals surface area contributed by atoms with Crippen LogP contribution in [0.4, 0.5) is 4.79 Å². The highest BCUT2D eigenvalue weighted by molar-refractivity contribution is 6.05. The lowest BCUT2D eigenvalue weighted by Crippen LogP contribution is -2.33. The third-order valence-electron chi connectivity index (χ3n) is 4.86. The van der Waals surface area contributed by atoms with Gasteiger partial charge in [-0.25, -0.2) is 4.79 Å². The van der Waals surface area contributed by atoms with Crippen molar-refractivity contribution in [2.45, 2.75) is 13.8 Å². The molecule has 4 rings (SSSR count). The Labute approximate surface area is 163 Å². The van der Waals surface area contributed by atoms with Crippen LogP contribution in [0.25, 0.3) is 32.9 Å². The van der Waals surface area contributed by atoms with Crippen molar-refractivity contribution in [1.82, 2.24) is 14.9 Å². The molecule has 0 fully saturated rings. The number of fused-ring (bicyclic) bond motifs is 2. The van der Waals surface area contributed by atoms with Crippen LogP contribution < -0.4 is 4.74 Å². The van der Waals surface area contributed by atoms with E-state index >= 15 is 0 Å². The van der Waals surface area contributed by atoms with E-state index in [1.54, 1.807) is 17.3 Å². The normalized spacial score (nSPS) is 10.9. The molecular formula is C23H21N3O2. The van der Waals surface area contributed by atoms with E-state index in [1.807, 2.05) is 68.4 Å². The molecule has 5 heteroatoms. The number of rotatable bonds is 4. The van der Waals surface area contributed by atoms with E-state index < -0.39 is 0 Å². The lowest BCUT2D eigenvalue weighted by molar-refractivity contribution is 0.157. The van der Waals surface area contributed by atoms with Crippen LogP contribution in [0.15, 0.2) is 67.0 Å². The van der Waals surface area contributed by atoms with Crippen LogP contribution in [0.3, 0.4) is 0 Å². The van der Waals surface area contributed by atoms with Crippen molar-refractivity contribution < 1.29 is 9.53 Å². The van der Waals surface area contributed by atoms with E-state index in [0.29, 0.717) is 18.8 Å². The Morgan fingerprint density at radius 3 is 2.21 bits per heavy atom. The topological polar surface area (TPSA) is 55.3 Å². The third kappa shape index (κ3) is 3.16. The van der Waals surface area contributed by atoms with Crippen molar-refractivity contribution in [2.24, 2.45) is 0 Å². The minimum atomic E-state index is -0.366. The van der Waals surface area contributed by atoms with Gasteiger partial charge in [0.2, 0.25) is 0 Å². The molecule has 140 valence electrons. The van der Waals surface area contributed by atoms with E-state index in [4.69, 9.17) is 4.74 Å². The van der Waals surface area contributed by atoms with Gasteiger partial charge in [-0.15, -0.1) is 0 Å². The predicted molar refractivity (Wildman–Crippen MR) is 111 cm³/mol. The van der Waals surface area contributed by atoms with E-state index in [-0.39, 0.29) is 6.09 Å². The smallest absolute Gasteiger partial charge is 0.409 e. The number of benzene rings is 2. The molecule has 0 radical (unpaired) electrons. The van der Waals surface area contributed by atoms with E-state index in [0.717, 1.165) is 32.9 Å². The zero-order valence-corrected chi connectivity index (χ0v) is 15.9. The molecule has 0 aliphatic heterocycles. The summed E-state index contributed by atoms with van der Waals surface area (Å²) in [6.45, 7) is 5.04. The molecule has 28 heavy (non-hydrogen) atoms. The molecule has 0 bridgehead atoms. The molecular weight excluding hydrogens is 350 g/mol. The monoisotopic (exact) mass is 371 g/mol. The van der Waals surface area contributed by atoms with Crippen molar-refractivity contribution in [2.75, 3.05) is 13.1 Å². The van der Waals surface area contributed by atoms with Crippen molar-refractivity contribution in [3.63, 3.8) is 0 Å². The first-order valence-electron chi connectivity index (χ1n) is 9.41. The number of amides is 1. The Bertz CT molecular complexity index is 1150. The summed E-state index contributed by atoms with van der Waals surface area (Å²) < 4.78 is 5.82. The van der Waals surface area contributed by atoms with Crippen LogP contribution in [0.1, 0.15) is 13.8 Å². The Kier molecular flexibility index (Phi) is 4.89. The SMILES string of the molecule is CCN(CC)C(=O)Oc1ccc2cccnc2c1-c1cccc2cccnc12. The largest absolute Gasteiger partial charge is 0.415 e. The molecule has 5 nitrogen and oxygen atoms in total. The summed E-state index contributed by atoms with van der Waals surface area (Å²) in [5.41, 5.74) is 3.31. The first kappa shape index (κ1) is 17.9. The summed E-state index contributed by atoms with van der Waals surface area (Å²) >= 11 is 0. The molecule has 2 aromatic carbocycles. The van der Waals surface area contributed by atoms with Gasteiger partial charge in [0, 0.05) is 41.8 Å². The van der Waals surface area contributed by atoms with Crippen molar-refractivity contribution in [3.8, 4) is 16.9 Å². The van der Waals surface area contributed by atoms with Crippen LogP contribution in [-0.4, -0.2) is 34.1 Å². The molecule has 0 saturated heterocycles. The molecule has 0 atom stereocenters. The van der Waals surface area contributed by atoms with E-state index in [9.17, 15) is 4.79 Å². The number of para-hydroxylation sites is 1. The highest BCUT2D eigenvalue weighted by Crippen LogP contribution is 2.39. The Morgan fingerprint density at radius 1 is 0.857 bits per heavy atom. The Hall–Kier alpha value is -3.47. The third-order valence-corrected chi connectivity index (χ3v) is 4.86. The van der Waals surface area contributed by atoms with Gasteiger partial charge in [0.05, 0.1) is 16.6 Å². The second kappa shape index (κ2) is 7.64. The Morgan fingerprint density at radius 2 is 1.50 bits per heavy atom. The quantitative estimate of drug-likeness (QED) is 0.489. The molecule has 0 N–H and O–H groups in total. The second-order valence-corrected chi connectivity index (χ2v) is 6.43. The fourth-order valence-electron chi connectivity index (χ4n) is 3.42. The summed E-state index contributed by atoms with van der Waals surface area (Å²) in [6.07, 6.45) is 3.15. The van der Waals surface area contributed by atoms with Crippen molar-refractivity contribution in [1.29, 1.82) is 0 Å². The van der Waals surface area contributed by atoms with Crippen LogP contribution in [0.5, 0.6) is 5.75 Å². The Balaban J connectivity index is 1.96. The standard InChI is InChI=1S/C23H21N3O2/c1-3-26(4-2)23(27)28-19-13-12-17-10-7-15-25-22(17)20(19)18-11-5-8-16-9-6-14-24-21(16)18/h5-15H,3-4H2,1-2H3. The van der Waals surface area contributed by atoms with Gasteiger partial charge >= 0.3 is 6.09 Å². The number of ether oxygens (including phenoxy) is 1. The molecule has 0 aliphatic carbocycles. The maximum absolute atomic E-state index is 12.6. The number of hydrogen-bond donors (Lipinski definition) is 0. The van der Waals surface area contributed by atoms with E-state index in [2.05, 4.69) is 9.97 Å². The van der Waals surface area contributed by atoms with Crippen molar-refractivity contribution in [3.05, 3.63) is 67.0 Å². The second-order valence-electron chi connectivity index (χ2n) is 6.43. The number of carbonyl (C=O) groups is 1. The molecule has 0 aliphatic rings. The van der Waals surface area contributed by atoms with Crippen LogP contribution in [-0.2, 0) is 0 Å².